The maximum Gasteiger partial charge on any atom is 0.417 e. The van der Waals surface area contributed by atoms with Crippen molar-refractivity contribution in [3.63, 3.8) is 0 Å². The molecule has 0 spiro atoms. The molecule has 2 heterocycles. The Labute approximate surface area is 184 Å². The highest BCUT2D eigenvalue weighted by Crippen LogP contribution is 2.54. The lowest BCUT2D eigenvalue weighted by molar-refractivity contribution is -0.272. The summed E-state index contributed by atoms with van der Waals surface area (Å²) in [6.45, 7) is 1.94. The third kappa shape index (κ3) is 4.19. The summed E-state index contributed by atoms with van der Waals surface area (Å²) in [6.07, 6.45) is -4.65. The number of nitrogens with one attached hydrogen (secondary N) is 1. The molecule has 2 aromatic rings. The van der Waals surface area contributed by atoms with Crippen molar-refractivity contribution in [2.24, 2.45) is 11.7 Å². The fraction of sp³-hybridized carbons (Fsp3) is 0.400. The first-order chi connectivity index (χ1) is 15.3. The number of nitrogens with zero attached hydrogens (tertiary/aromatic N) is 2. The molecule has 3 N–H and O–H groups in total. The van der Waals surface area contributed by atoms with E-state index in [4.69, 9.17) is 15.2 Å². The maximum atomic E-state index is 14.3. The van der Waals surface area contributed by atoms with Crippen LogP contribution in [-0.4, -0.2) is 46.8 Å². The zero-order valence-electron chi connectivity index (χ0n) is 17.5. The summed E-state index contributed by atoms with van der Waals surface area (Å²) >= 11 is 0. The van der Waals surface area contributed by atoms with Crippen molar-refractivity contribution in [2.75, 3.05) is 12.4 Å². The van der Waals surface area contributed by atoms with Gasteiger partial charge in [0, 0.05) is 17.4 Å². The molecule has 33 heavy (non-hydrogen) atoms. The van der Waals surface area contributed by atoms with E-state index in [1.807, 2.05) is 0 Å². The van der Waals surface area contributed by atoms with Crippen LogP contribution in [0.4, 0.5) is 27.8 Å². The molecule has 2 amide bonds. The van der Waals surface area contributed by atoms with Crippen LogP contribution >= 0.6 is 0 Å². The molecule has 0 saturated carbocycles. The Kier molecular flexibility index (Phi) is 6.29. The van der Waals surface area contributed by atoms with Crippen LogP contribution in [-0.2, 0) is 9.53 Å². The van der Waals surface area contributed by atoms with E-state index in [9.17, 15) is 31.5 Å². The number of carbonyl (C=O) groups is 2. The summed E-state index contributed by atoms with van der Waals surface area (Å²) in [7, 11) is 1.02. The molecule has 0 bridgehead atoms. The van der Waals surface area contributed by atoms with E-state index in [1.165, 1.54) is 6.92 Å². The van der Waals surface area contributed by atoms with Crippen molar-refractivity contribution < 1.29 is 41.0 Å². The summed E-state index contributed by atoms with van der Waals surface area (Å²) in [4.78, 5) is 31.7. The molecular formula is C20H19F5N4O4. The summed E-state index contributed by atoms with van der Waals surface area (Å²) in [5.41, 5.74) is 1.82. The molecule has 0 unspecified atom stereocenters. The van der Waals surface area contributed by atoms with Gasteiger partial charge in [-0.1, -0.05) is 13.0 Å². The SMILES string of the molecule is COc1c([C@@H]2[C@@H](C(=O)Nc3cncc(C(N)=O)n3)O[C@@](C)(C(F)(F)F)[C@H]2C)ccc(F)c1F. The van der Waals surface area contributed by atoms with E-state index in [-0.39, 0.29) is 17.1 Å². The van der Waals surface area contributed by atoms with Gasteiger partial charge in [0.05, 0.1) is 19.5 Å². The predicted molar refractivity (Wildman–Crippen MR) is 103 cm³/mol. The third-order valence-electron chi connectivity index (χ3n) is 5.71. The molecule has 8 nitrogen and oxygen atoms in total. The Hall–Kier alpha value is -3.35. The number of benzene rings is 1. The average Bonchev–Trinajstić information content (AvgIpc) is 3.02. The molecule has 178 valence electrons. The van der Waals surface area contributed by atoms with Crippen molar-refractivity contribution in [1.29, 1.82) is 0 Å². The minimum atomic E-state index is -4.91. The second kappa shape index (κ2) is 8.54. The van der Waals surface area contributed by atoms with Crippen LogP contribution in [0.1, 0.15) is 35.8 Å². The lowest BCUT2D eigenvalue weighted by Crippen LogP contribution is -2.47. The number of methoxy groups -OCH3 is 1. The summed E-state index contributed by atoms with van der Waals surface area (Å²) in [5, 5.41) is 2.23. The smallest absolute Gasteiger partial charge is 0.417 e. The number of nitrogens with two attached hydrogens (primary N) is 1. The van der Waals surface area contributed by atoms with E-state index in [2.05, 4.69) is 15.3 Å². The molecule has 3 rings (SSSR count). The van der Waals surface area contributed by atoms with Crippen LogP contribution in [0, 0.1) is 17.6 Å². The Bertz CT molecular complexity index is 1100. The predicted octanol–water partition coefficient (Wildman–Crippen LogP) is 2.94. The number of alkyl halides is 3. The molecule has 1 aliphatic rings. The highest BCUT2D eigenvalue weighted by molar-refractivity contribution is 5.95. The first-order valence-electron chi connectivity index (χ1n) is 9.51. The lowest BCUT2D eigenvalue weighted by Gasteiger charge is -2.32. The Morgan fingerprint density at radius 3 is 2.48 bits per heavy atom. The van der Waals surface area contributed by atoms with Crippen LogP contribution in [0.15, 0.2) is 24.5 Å². The second-order valence-electron chi connectivity index (χ2n) is 7.58. The van der Waals surface area contributed by atoms with Crippen LogP contribution in [0.5, 0.6) is 5.75 Å². The third-order valence-corrected chi connectivity index (χ3v) is 5.71. The van der Waals surface area contributed by atoms with Crippen molar-refractivity contribution in [3.8, 4) is 5.75 Å². The number of rotatable bonds is 5. The van der Waals surface area contributed by atoms with Gasteiger partial charge in [-0.05, 0) is 13.0 Å². The molecule has 1 fully saturated rings. The number of carbonyl (C=O) groups excluding carboxylic acids is 2. The molecule has 0 radical (unpaired) electrons. The van der Waals surface area contributed by atoms with Gasteiger partial charge < -0.3 is 20.5 Å². The monoisotopic (exact) mass is 474 g/mol. The normalized spacial score (nSPS) is 25.0. The van der Waals surface area contributed by atoms with E-state index >= 15 is 0 Å². The van der Waals surface area contributed by atoms with Gasteiger partial charge in [0.15, 0.2) is 23.0 Å². The fourth-order valence-corrected chi connectivity index (χ4v) is 3.78. The molecule has 0 aliphatic carbocycles. The first-order valence-corrected chi connectivity index (χ1v) is 9.51. The molecule has 4 atom stereocenters. The number of hydrogen-bond acceptors (Lipinski definition) is 6. The van der Waals surface area contributed by atoms with Crippen LogP contribution < -0.4 is 15.8 Å². The van der Waals surface area contributed by atoms with Crippen LogP contribution in [0.3, 0.4) is 0 Å². The maximum absolute atomic E-state index is 14.3. The van der Waals surface area contributed by atoms with Crippen molar-refractivity contribution in [2.45, 2.75) is 37.6 Å². The van der Waals surface area contributed by atoms with Crippen molar-refractivity contribution >= 4 is 17.6 Å². The molecule has 1 aromatic carbocycles. The zero-order valence-corrected chi connectivity index (χ0v) is 17.5. The minimum Gasteiger partial charge on any atom is -0.493 e. The highest BCUT2D eigenvalue weighted by atomic mass is 19.4. The van der Waals surface area contributed by atoms with E-state index in [0.29, 0.717) is 0 Å². The Morgan fingerprint density at radius 1 is 1.24 bits per heavy atom. The lowest BCUT2D eigenvalue weighted by atomic mass is 9.77. The van der Waals surface area contributed by atoms with Crippen LogP contribution in [0.2, 0.25) is 0 Å². The van der Waals surface area contributed by atoms with Gasteiger partial charge in [-0.15, -0.1) is 0 Å². The number of ether oxygens (including phenoxy) is 2. The number of hydrogen-bond donors (Lipinski definition) is 2. The largest absolute Gasteiger partial charge is 0.493 e. The summed E-state index contributed by atoms with van der Waals surface area (Å²) in [6, 6.07) is 1.76. The number of primary amides is 1. The standard InChI is InChI=1S/C20H19F5N4O4/c1-8-13(9-4-5-10(21)14(22)15(9)32-3)16(33-19(8,2)20(23,24)25)18(31)29-12-7-27-6-11(28-12)17(26)30/h4-8,13,16H,1-3H3,(H2,26,30)(H,28,29,31)/t8-,13+,16-,19+/m0/s1. The van der Waals surface area contributed by atoms with E-state index in [0.717, 1.165) is 38.6 Å². The quantitative estimate of drug-likeness (QED) is 0.644. The van der Waals surface area contributed by atoms with Gasteiger partial charge in [-0.25, -0.2) is 9.37 Å². The molecule has 1 aromatic heterocycles. The molecule has 1 saturated heterocycles. The Balaban J connectivity index is 2.07. The van der Waals surface area contributed by atoms with E-state index < -0.39 is 58.9 Å². The number of amides is 2. The van der Waals surface area contributed by atoms with E-state index in [1.54, 1.807) is 0 Å². The van der Waals surface area contributed by atoms with Crippen molar-refractivity contribution in [3.05, 3.63) is 47.4 Å². The molecule has 13 heteroatoms. The van der Waals surface area contributed by atoms with Gasteiger partial charge in [0.1, 0.15) is 11.8 Å². The fourth-order valence-electron chi connectivity index (χ4n) is 3.78. The van der Waals surface area contributed by atoms with Crippen molar-refractivity contribution in [1.82, 2.24) is 9.97 Å². The van der Waals surface area contributed by atoms with Crippen LogP contribution in [0.25, 0.3) is 0 Å². The molecular weight excluding hydrogens is 455 g/mol. The topological polar surface area (TPSA) is 116 Å². The van der Waals surface area contributed by atoms with Gasteiger partial charge in [0.2, 0.25) is 5.82 Å². The van der Waals surface area contributed by atoms with Gasteiger partial charge in [-0.2, -0.15) is 17.6 Å². The minimum absolute atomic E-state index is 0.186. The number of aromatic nitrogens is 2. The number of halogens is 5. The van der Waals surface area contributed by atoms with Gasteiger partial charge >= 0.3 is 6.18 Å². The van der Waals surface area contributed by atoms with Gasteiger partial charge in [-0.3, -0.25) is 14.6 Å². The summed E-state index contributed by atoms with van der Waals surface area (Å²) < 4.78 is 79.9. The van der Waals surface area contributed by atoms with Gasteiger partial charge in [0.25, 0.3) is 11.8 Å². The first kappa shape index (κ1) is 24.3. The second-order valence-corrected chi connectivity index (χ2v) is 7.58. The summed E-state index contributed by atoms with van der Waals surface area (Å²) in [5.74, 6) is -8.45. The Morgan fingerprint density at radius 2 is 1.91 bits per heavy atom. The average molecular weight is 474 g/mol. The highest BCUT2D eigenvalue weighted by Gasteiger charge is 2.65. The number of anilines is 1. The zero-order chi connectivity index (χ0) is 24.7. The molecule has 1 aliphatic heterocycles.